The summed E-state index contributed by atoms with van der Waals surface area (Å²) in [6.45, 7) is 0. The minimum atomic E-state index is -1.26. The fourth-order valence-corrected chi connectivity index (χ4v) is 3.43. The number of fused-ring (bicyclic) bond motifs is 3. The standard InChI is InChI=1S/C17H8Cl3NO4/c18-7-3-9-15(11(20)5-7)16-10(17(9)25)4-8(19)6-12(16)21-13(22)1-2-14(23)24/h1-6H,(H,21,22)(H,23,24). The van der Waals surface area contributed by atoms with Crippen LogP contribution < -0.4 is 5.32 Å². The molecule has 0 saturated carbocycles. The molecule has 0 aromatic heterocycles. The third-order valence-corrected chi connectivity index (χ3v) is 4.27. The Kier molecular flexibility index (Phi) is 4.56. The van der Waals surface area contributed by atoms with Gasteiger partial charge in [0.15, 0.2) is 5.78 Å². The van der Waals surface area contributed by atoms with Crippen molar-refractivity contribution < 1.29 is 19.5 Å². The van der Waals surface area contributed by atoms with Crippen molar-refractivity contribution in [3.8, 4) is 11.1 Å². The second-order valence-corrected chi connectivity index (χ2v) is 6.46. The smallest absolute Gasteiger partial charge is 0.328 e. The highest BCUT2D eigenvalue weighted by molar-refractivity contribution is 6.41. The van der Waals surface area contributed by atoms with Crippen LogP contribution in [0.3, 0.4) is 0 Å². The highest BCUT2D eigenvalue weighted by Gasteiger charge is 2.32. The molecule has 0 spiro atoms. The molecule has 8 heteroatoms. The predicted molar refractivity (Wildman–Crippen MR) is 95.7 cm³/mol. The van der Waals surface area contributed by atoms with Crippen LogP contribution in [0.15, 0.2) is 36.4 Å². The average Bonchev–Trinajstić information content (AvgIpc) is 2.79. The number of hydrogen-bond acceptors (Lipinski definition) is 3. The maximum Gasteiger partial charge on any atom is 0.328 e. The fraction of sp³-hybridized carbons (Fsp3) is 0. The van der Waals surface area contributed by atoms with Crippen molar-refractivity contribution in [1.82, 2.24) is 0 Å². The Balaban J connectivity index is 2.15. The number of rotatable bonds is 3. The molecule has 1 amide bonds. The first-order chi connectivity index (χ1) is 11.8. The summed E-state index contributed by atoms with van der Waals surface area (Å²) in [5, 5.41) is 11.9. The Morgan fingerprint density at radius 1 is 0.920 bits per heavy atom. The zero-order valence-corrected chi connectivity index (χ0v) is 14.5. The van der Waals surface area contributed by atoms with Crippen LogP contribution in [0.4, 0.5) is 5.69 Å². The molecule has 0 heterocycles. The Labute approximate surface area is 156 Å². The van der Waals surface area contributed by atoms with E-state index in [0.29, 0.717) is 27.8 Å². The topological polar surface area (TPSA) is 83.5 Å². The van der Waals surface area contributed by atoms with Gasteiger partial charge >= 0.3 is 5.97 Å². The fourth-order valence-electron chi connectivity index (χ4n) is 2.63. The normalized spacial score (nSPS) is 12.2. The Bertz CT molecular complexity index is 982. The minimum absolute atomic E-state index is 0.236. The number of carbonyl (C=O) groups is 3. The molecule has 1 aliphatic rings. The zero-order valence-electron chi connectivity index (χ0n) is 12.3. The van der Waals surface area contributed by atoms with Gasteiger partial charge in [-0.05, 0) is 24.3 Å². The molecule has 0 radical (unpaired) electrons. The van der Waals surface area contributed by atoms with Gasteiger partial charge in [-0.15, -0.1) is 0 Å². The summed E-state index contributed by atoms with van der Waals surface area (Å²) in [7, 11) is 0. The van der Waals surface area contributed by atoms with Gasteiger partial charge in [0.25, 0.3) is 0 Å². The maximum atomic E-state index is 12.6. The van der Waals surface area contributed by atoms with E-state index in [2.05, 4.69) is 5.32 Å². The molecule has 3 rings (SSSR count). The molecule has 0 fully saturated rings. The van der Waals surface area contributed by atoms with Gasteiger partial charge < -0.3 is 10.4 Å². The maximum absolute atomic E-state index is 12.6. The van der Waals surface area contributed by atoms with Crippen LogP contribution in [0.2, 0.25) is 15.1 Å². The molecule has 126 valence electrons. The molecule has 0 atom stereocenters. The van der Waals surface area contributed by atoms with Crippen LogP contribution in [-0.4, -0.2) is 22.8 Å². The second-order valence-electron chi connectivity index (χ2n) is 5.18. The van der Waals surface area contributed by atoms with E-state index in [-0.39, 0.29) is 27.1 Å². The largest absolute Gasteiger partial charge is 0.478 e. The molecule has 1 aliphatic carbocycles. The van der Waals surface area contributed by atoms with Crippen molar-refractivity contribution in [1.29, 1.82) is 0 Å². The molecule has 0 unspecified atom stereocenters. The number of aliphatic carboxylic acids is 1. The van der Waals surface area contributed by atoms with E-state index in [1.807, 2.05) is 0 Å². The zero-order chi connectivity index (χ0) is 18.3. The van der Waals surface area contributed by atoms with E-state index < -0.39 is 11.9 Å². The van der Waals surface area contributed by atoms with Crippen LogP contribution >= 0.6 is 34.8 Å². The number of nitrogens with one attached hydrogen (secondary N) is 1. The molecule has 5 nitrogen and oxygen atoms in total. The first kappa shape index (κ1) is 17.5. The van der Waals surface area contributed by atoms with Crippen LogP contribution in [0.1, 0.15) is 15.9 Å². The molecular formula is C17H8Cl3NO4. The number of anilines is 1. The van der Waals surface area contributed by atoms with Gasteiger partial charge in [-0.2, -0.15) is 0 Å². The molecule has 0 saturated heterocycles. The summed E-state index contributed by atoms with van der Waals surface area (Å²) < 4.78 is 0. The lowest BCUT2D eigenvalue weighted by Gasteiger charge is -2.11. The molecule has 2 aromatic rings. The lowest BCUT2D eigenvalue weighted by Crippen LogP contribution is -2.10. The van der Waals surface area contributed by atoms with E-state index in [4.69, 9.17) is 39.9 Å². The van der Waals surface area contributed by atoms with E-state index in [1.165, 1.54) is 24.3 Å². The van der Waals surface area contributed by atoms with E-state index in [1.54, 1.807) is 0 Å². The van der Waals surface area contributed by atoms with Crippen molar-refractivity contribution in [2.45, 2.75) is 0 Å². The van der Waals surface area contributed by atoms with Crippen molar-refractivity contribution in [3.05, 3.63) is 62.6 Å². The highest BCUT2D eigenvalue weighted by atomic mass is 35.5. The quantitative estimate of drug-likeness (QED) is 0.641. The third kappa shape index (κ3) is 3.26. The summed E-state index contributed by atoms with van der Waals surface area (Å²) >= 11 is 18.3. The molecule has 2 aromatic carbocycles. The van der Waals surface area contributed by atoms with Crippen molar-refractivity contribution in [2.75, 3.05) is 5.32 Å². The van der Waals surface area contributed by atoms with Crippen LogP contribution in [0.25, 0.3) is 11.1 Å². The van der Waals surface area contributed by atoms with Gasteiger partial charge in [0.2, 0.25) is 5.91 Å². The number of halogens is 3. The van der Waals surface area contributed by atoms with Crippen molar-refractivity contribution in [3.63, 3.8) is 0 Å². The predicted octanol–water partition coefficient (Wildman–Crippen LogP) is 4.44. The summed E-state index contributed by atoms with van der Waals surface area (Å²) in [5.41, 5.74) is 1.71. The lowest BCUT2D eigenvalue weighted by atomic mass is 10.0. The Hall–Kier alpha value is -2.34. The van der Waals surface area contributed by atoms with Crippen molar-refractivity contribution >= 4 is 58.1 Å². The number of amides is 1. The SMILES string of the molecule is O=C(O)C=CC(=O)Nc1cc(Cl)cc2c1-c1c(Cl)cc(Cl)cc1C2=O. The molecule has 0 aliphatic heterocycles. The van der Waals surface area contributed by atoms with Gasteiger partial charge in [-0.1, -0.05) is 34.8 Å². The Morgan fingerprint density at radius 3 is 2.16 bits per heavy atom. The molecule has 0 bridgehead atoms. The van der Waals surface area contributed by atoms with E-state index in [9.17, 15) is 14.4 Å². The summed E-state index contributed by atoms with van der Waals surface area (Å²) in [6, 6.07) is 5.93. The third-order valence-electron chi connectivity index (χ3n) is 3.53. The van der Waals surface area contributed by atoms with Gasteiger partial charge in [0.05, 0.1) is 10.7 Å². The summed E-state index contributed by atoms with van der Waals surface area (Å²) in [6.07, 6.45) is 1.56. The summed E-state index contributed by atoms with van der Waals surface area (Å²) in [4.78, 5) is 35.1. The number of ketones is 1. The average molecular weight is 397 g/mol. The lowest BCUT2D eigenvalue weighted by molar-refractivity contribution is -0.131. The second kappa shape index (κ2) is 6.52. The number of carboxylic acid groups (broad SMARTS) is 1. The number of carbonyl (C=O) groups excluding carboxylic acids is 2. The highest BCUT2D eigenvalue weighted by Crippen LogP contribution is 2.47. The number of carboxylic acids is 1. The van der Waals surface area contributed by atoms with E-state index in [0.717, 1.165) is 6.08 Å². The van der Waals surface area contributed by atoms with Crippen LogP contribution in [0.5, 0.6) is 0 Å². The minimum Gasteiger partial charge on any atom is -0.478 e. The molecular weight excluding hydrogens is 389 g/mol. The number of hydrogen-bond donors (Lipinski definition) is 2. The first-order valence-corrected chi connectivity index (χ1v) is 8.01. The van der Waals surface area contributed by atoms with E-state index >= 15 is 0 Å². The molecule has 25 heavy (non-hydrogen) atoms. The first-order valence-electron chi connectivity index (χ1n) is 6.87. The van der Waals surface area contributed by atoms with Crippen LogP contribution in [-0.2, 0) is 9.59 Å². The monoisotopic (exact) mass is 395 g/mol. The van der Waals surface area contributed by atoms with Gasteiger partial charge in [-0.25, -0.2) is 4.79 Å². The van der Waals surface area contributed by atoms with Gasteiger partial charge in [-0.3, -0.25) is 9.59 Å². The molecule has 2 N–H and O–H groups in total. The van der Waals surface area contributed by atoms with Crippen molar-refractivity contribution in [2.24, 2.45) is 0 Å². The summed E-state index contributed by atoms with van der Waals surface area (Å²) in [5.74, 6) is -2.25. The van der Waals surface area contributed by atoms with Gasteiger partial charge in [0.1, 0.15) is 0 Å². The van der Waals surface area contributed by atoms with Crippen LogP contribution in [0, 0.1) is 0 Å². The number of benzene rings is 2. The Morgan fingerprint density at radius 2 is 1.52 bits per heavy atom. The van der Waals surface area contributed by atoms with Gasteiger partial charge in [0, 0.05) is 44.5 Å².